The van der Waals surface area contributed by atoms with Crippen molar-refractivity contribution < 1.29 is 9.18 Å². The van der Waals surface area contributed by atoms with Crippen LogP contribution in [-0.4, -0.2) is 18.0 Å². The van der Waals surface area contributed by atoms with Crippen LogP contribution in [0.15, 0.2) is 22.7 Å². The van der Waals surface area contributed by atoms with E-state index in [2.05, 4.69) is 28.2 Å². The number of hydrogen-bond acceptors (Lipinski definition) is 2. The molecule has 110 valence electrons. The van der Waals surface area contributed by atoms with Gasteiger partial charge in [0.1, 0.15) is 5.82 Å². The minimum absolute atomic E-state index is 0.0683. The summed E-state index contributed by atoms with van der Waals surface area (Å²) in [4.78, 5) is 12.3. The molecule has 1 saturated carbocycles. The smallest absolute Gasteiger partial charge is 0.254 e. The molecule has 1 aromatic carbocycles. The van der Waals surface area contributed by atoms with E-state index in [1.54, 1.807) is 6.07 Å². The maximum Gasteiger partial charge on any atom is 0.254 e. The topological polar surface area (TPSA) is 55.1 Å². The van der Waals surface area contributed by atoms with E-state index in [9.17, 15) is 9.18 Å². The second-order valence-corrected chi connectivity index (χ2v) is 6.50. The van der Waals surface area contributed by atoms with Gasteiger partial charge in [0.15, 0.2) is 0 Å². The molecule has 0 heterocycles. The average molecular weight is 343 g/mol. The van der Waals surface area contributed by atoms with E-state index in [4.69, 9.17) is 5.73 Å². The van der Waals surface area contributed by atoms with Crippen LogP contribution in [-0.2, 0) is 0 Å². The number of carbonyl (C=O) groups excluding carboxylic acids is 1. The fourth-order valence-corrected chi connectivity index (χ4v) is 3.25. The van der Waals surface area contributed by atoms with E-state index in [1.807, 2.05) is 0 Å². The second-order valence-electron chi connectivity index (χ2n) is 5.59. The molecule has 0 aliphatic heterocycles. The fourth-order valence-electron chi connectivity index (χ4n) is 2.92. The molecule has 0 spiro atoms. The van der Waals surface area contributed by atoms with Crippen LogP contribution in [0.1, 0.15) is 43.0 Å². The van der Waals surface area contributed by atoms with Gasteiger partial charge in [0.25, 0.3) is 5.91 Å². The molecule has 0 aromatic heterocycles. The summed E-state index contributed by atoms with van der Waals surface area (Å²) in [5.41, 5.74) is 5.56. The lowest BCUT2D eigenvalue weighted by molar-refractivity contribution is 0.0808. The first-order chi connectivity index (χ1) is 9.48. The Hall–Kier alpha value is -0.940. The van der Waals surface area contributed by atoms with Crippen LogP contribution in [0.5, 0.6) is 0 Å². The summed E-state index contributed by atoms with van der Waals surface area (Å²) in [5, 5.41) is 2.99. The van der Waals surface area contributed by atoms with Gasteiger partial charge in [-0.15, -0.1) is 0 Å². The molecule has 2 unspecified atom stereocenters. The van der Waals surface area contributed by atoms with Crippen LogP contribution in [0, 0.1) is 11.7 Å². The summed E-state index contributed by atoms with van der Waals surface area (Å²) < 4.78 is 14.5. The number of nitrogens with two attached hydrogens (primary N) is 1. The van der Waals surface area contributed by atoms with E-state index in [0.717, 1.165) is 25.7 Å². The van der Waals surface area contributed by atoms with Gasteiger partial charge in [0.05, 0.1) is 11.1 Å². The SMILES string of the molecule is CC1CCCCC1(CN)NC(=O)c1ccc(Br)cc1F. The molecule has 1 fully saturated rings. The van der Waals surface area contributed by atoms with Crippen LogP contribution in [0.25, 0.3) is 0 Å². The molecule has 20 heavy (non-hydrogen) atoms. The Morgan fingerprint density at radius 1 is 1.55 bits per heavy atom. The maximum atomic E-state index is 13.9. The molecular formula is C15H20BrFN2O. The Balaban J connectivity index is 2.20. The average Bonchev–Trinajstić information content (AvgIpc) is 2.41. The van der Waals surface area contributed by atoms with Crippen molar-refractivity contribution in [3.8, 4) is 0 Å². The van der Waals surface area contributed by atoms with Gasteiger partial charge >= 0.3 is 0 Å². The lowest BCUT2D eigenvalue weighted by Gasteiger charge is -2.42. The van der Waals surface area contributed by atoms with Crippen molar-refractivity contribution in [3.05, 3.63) is 34.1 Å². The monoisotopic (exact) mass is 342 g/mol. The summed E-state index contributed by atoms with van der Waals surface area (Å²) in [6.45, 7) is 2.49. The van der Waals surface area contributed by atoms with Crippen LogP contribution in [0.3, 0.4) is 0 Å². The predicted molar refractivity (Wildman–Crippen MR) is 81.0 cm³/mol. The largest absolute Gasteiger partial charge is 0.345 e. The standard InChI is InChI=1S/C15H20BrFN2O/c1-10-4-2-3-7-15(10,9-18)19-14(20)12-6-5-11(16)8-13(12)17/h5-6,8,10H,2-4,7,9,18H2,1H3,(H,19,20). The number of halogens is 2. The Labute approximate surface area is 127 Å². The van der Waals surface area contributed by atoms with Crippen LogP contribution in [0.4, 0.5) is 4.39 Å². The molecule has 1 aromatic rings. The van der Waals surface area contributed by atoms with Gasteiger partial charge in [-0.2, -0.15) is 0 Å². The number of nitrogens with one attached hydrogen (secondary N) is 1. The number of amides is 1. The highest BCUT2D eigenvalue weighted by atomic mass is 79.9. The highest BCUT2D eigenvalue weighted by molar-refractivity contribution is 9.10. The first-order valence-corrected chi connectivity index (χ1v) is 7.75. The van der Waals surface area contributed by atoms with Gasteiger partial charge in [-0.1, -0.05) is 35.7 Å². The van der Waals surface area contributed by atoms with Crippen molar-refractivity contribution >= 4 is 21.8 Å². The quantitative estimate of drug-likeness (QED) is 0.885. The van der Waals surface area contributed by atoms with Gasteiger partial charge in [-0.05, 0) is 37.0 Å². The Morgan fingerprint density at radius 3 is 2.90 bits per heavy atom. The van der Waals surface area contributed by atoms with Gasteiger partial charge in [0.2, 0.25) is 0 Å². The Bertz CT molecular complexity index is 509. The Kier molecular flexibility index (Phi) is 4.81. The number of rotatable bonds is 3. The van der Waals surface area contributed by atoms with E-state index in [-0.39, 0.29) is 11.5 Å². The first-order valence-electron chi connectivity index (χ1n) is 6.96. The molecule has 1 aliphatic carbocycles. The third-order valence-electron chi connectivity index (χ3n) is 4.36. The van der Waals surface area contributed by atoms with Crippen molar-refractivity contribution in [1.29, 1.82) is 0 Å². The summed E-state index contributed by atoms with van der Waals surface area (Å²) in [6.07, 6.45) is 4.10. The van der Waals surface area contributed by atoms with Crippen molar-refractivity contribution in [2.45, 2.75) is 38.1 Å². The number of carbonyl (C=O) groups is 1. The van der Waals surface area contributed by atoms with Gasteiger partial charge in [0, 0.05) is 11.0 Å². The third kappa shape index (κ3) is 3.04. The maximum absolute atomic E-state index is 13.9. The summed E-state index contributed by atoms with van der Waals surface area (Å²) in [5.74, 6) is -0.592. The van der Waals surface area contributed by atoms with Gasteiger partial charge in [-0.25, -0.2) is 4.39 Å². The second kappa shape index (κ2) is 6.22. The van der Waals surface area contributed by atoms with Crippen molar-refractivity contribution in [3.63, 3.8) is 0 Å². The molecule has 0 radical (unpaired) electrons. The molecule has 0 saturated heterocycles. The van der Waals surface area contributed by atoms with Gasteiger partial charge in [-0.3, -0.25) is 4.79 Å². The zero-order valence-electron chi connectivity index (χ0n) is 11.6. The molecule has 1 aliphatic rings. The van der Waals surface area contributed by atoms with Crippen LogP contribution < -0.4 is 11.1 Å². The molecule has 2 rings (SSSR count). The minimum atomic E-state index is -0.521. The molecule has 1 amide bonds. The van der Waals surface area contributed by atoms with Crippen molar-refractivity contribution in [1.82, 2.24) is 5.32 Å². The van der Waals surface area contributed by atoms with Gasteiger partial charge < -0.3 is 11.1 Å². The zero-order chi connectivity index (χ0) is 14.8. The van der Waals surface area contributed by atoms with Crippen molar-refractivity contribution in [2.75, 3.05) is 6.54 Å². The first kappa shape index (κ1) is 15.4. The highest BCUT2D eigenvalue weighted by Crippen LogP contribution is 2.33. The predicted octanol–water partition coefficient (Wildman–Crippen LogP) is 3.23. The summed E-state index contributed by atoms with van der Waals surface area (Å²) in [7, 11) is 0. The van der Waals surface area contributed by atoms with E-state index >= 15 is 0 Å². The normalized spacial score (nSPS) is 26.3. The zero-order valence-corrected chi connectivity index (χ0v) is 13.2. The molecule has 5 heteroatoms. The molecular weight excluding hydrogens is 323 g/mol. The summed E-state index contributed by atoms with van der Waals surface area (Å²) in [6, 6.07) is 4.46. The van der Waals surface area contributed by atoms with Crippen LogP contribution >= 0.6 is 15.9 Å². The minimum Gasteiger partial charge on any atom is -0.345 e. The van der Waals surface area contributed by atoms with E-state index in [0.29, 0.717) is 16.9 Å². The van der Waals surface area contributed by atoms with Crippen molar-refractivity contribution in [2.24, 2.45) is 11.7 Å². The summed E-state index contributed by atoms with van der Waals surface area (Å²) >= 11 is 3.19. The third-order valence-corrected chi connectivity index (χ3v) is 4.85. The highest BCUT2D eigenvalue weighted by Gasteiger charge is 2.38. The molecule has 3 N–H and O–H groups in total. The van der Waals surface area contributed by atoms with Crippen LogP contribution in [0.2, 0.25) is 0 Å². The molecule has 3 nitrogen and oxygen atoms in total. The lowest BCUT2D eigenvalue weighted by Crippen LogP contribution is -2.59. The number of hydrogen-bond donors (Lipinski definition) is 2. The van der Waals surface area contributed by atoms with E-state index in [1.165, 1.54) is 12.1 Å². The molecule has 2 atom stereocenters. The number of benzene rings is 1. The Morgan fingerprint density at radius 2 is 2.30 bits per heavy atom. The molecule has 0 bridgehead atoms. The van der Waals surface area contributed by atoms with E-state index < -0.39 is 11.4 Å². The lowest BCUT2D eigenvalue weighted by atomic mass is 9.73. The fraction of sp³-hybridized carbons (Fsp3) is 0.533.